The zero-order valence-corrected chi connectivity index (χ0v) is 20.1. The van der Waals surface area contributed by atoms with Gasteiger partial charge in [-0.1, -0.05) is 11.6 Å². The van der Waals surface area contributed by atoms with Gasteiger partial charge in [-0.2, -0.15) is 18.3 Å². The minimum Gasteiger partial charge on any atom is -0.465 e. The smallest absolute Gasteiger partial charge is 0.435 e. The van der Waals surface area contributed by atoms with Crippen LogP contribution in [0.1, 0.15) is 26.7 Å². The number of ether oxygens (including phenoxy) is 1. The van der Waals surface area contributed by atoms with Gasteiger partial charge < -0.3 is 24.7 Å². The molecule has 38 heavy (non-hydrogen) atoms. The van der Waals surface area contributed by atoms with Crippen molar-refractivity contribution in [3.8, 4) is 16.9 Å². The molecule has 0 bridgehead atoms. The first-order chi connectivity index (χ1) is 17.9. The Bertz CT molecular complexity index is 1560. The van der Waals surface area contributed by atoms with Crippen molar-refractivity contribution in [1.29, 1.82) is 0 Å². The van der Waals surface area contributed by atoms with Crippen LogP contribution in [0.4, 0.5) is 24.7 Å². The number of halogens is 4. The first-order valence-corrected chi connectivity index (χ1v) is 10.8. The molecular formula is C22H15ClF3N7O5. The Kier molecular flexibility index (Phi) is 6.87. The van der Waals surface area contributed by atoms with E-state index >= 15 is 0 Å². The van der Waals surface area contributed by atoms with Crippen LogP contribution in [-0.2, 0) is 18.0 Å². The summed E-state index contributed by atoms with van der Waals surface area (Å²) in [6, 6.07) is 6.26. The van der Waals surface area contributed by atoms with Crippen LogP contribution in [0.25, 0.3) is 16.9 Å². The number of imidazole rings is 1. The van der Waals surface area contributed by atoms with Crippen molar-refractivity contribution in [2.45, 2.75) is 6.18 Å². The third kappa shape index (κ3) is 5.04. The lowest BCUT2D eigenvalue weighted by atomic mass is 10.2. The summed E-state index contributed by atoms with van der Waals surface area (Å²) in [5.74, 6) is -2.15. The maximum absolute atomic E-state index is 13.8. The zero-order valence-electron chi connectivity index (χ0n) is 19.4. The van der Waals surface area contributed by atoms with Crippen LogP contribution < -0.4 is 5.32 Å². The van der Waals surface area contributed by atoms with E-state index < -0.39 is 40.1 Å². The van der Waals surface area contributed by atoms with Crippen molar-refractivity contribution in [2.24, 2.45) is 7.05 Å². The summed E-state index contributed by atoms with van der Waals surface area (Å²) in [7, 11) is 2.53. The molecule has 1 aromatic carbocycles. The van der Waals surface area contributed by atoms with Crippen molar-refractivity contribution in [3.63, 3.8) is 0 Å². The van der Waals surface area contributed by atoms with Gasteiger partial charge in [-0.25, -0.2) is 14.5 Å². The molecule has 0 unspecified atom stereocenters. The average molecular weight is 550 g/mol. The Morgan fingerprint density at radius 1 is 1.16 bits per heavy atom. The summed E-state index contributed by atoms with van der Waals surface area (Å²) in [6.45, 7) is 0. The molecule has 0 fully saturated rings. The molecule has 1 amide bonds. The van der Waals surface area contributed by atoms with Gasteiger partial charge in [0.2, 0.25) is 0 Å². The Labute approximate surface area is 215 Å². The number of aromatic nitrogens is 5. The fraction of sp³-hybridized carbons (Fsp3) is 0.136. The lowest BCUT2D eigenvalue weighted by Gasteiger charge is -2.09. The van der Waals surface area contributed by atoms with E-state index in [9.17, 15) is 32.9 Å². The molecular weight excluding hydrogens is 535 g/mol. The Hall–Kier alpha value is -4.79. The fourth-order valence-corrected chi connectivity index (χ4v) is 3.71. The summed E-state index contributed by atoms with van der Waals surface area (Å²) in [5.41, 5.74) is -1.42. The largest absolute Gasteiger partial charge is 0.465 e. The third-order valence-electron chi connectivity index (χ3n) is 5.27. The lowest BCUT2D eigenvalue weighted by molar-refractivity contribution is -0.389. The highest BCUT2D eigenvalue weighted by Crippen LogP contribution is 2.37. The topological polar surface area (TPSA) is 147 Å². The van der Waals surface area contributed by atoms with E-state index in [1.165, 1.54) is 38.4 Å². The van der Waals surface area contributed by atoms with Gasteiger partial charge >= 0.3 is 18.0 Å². The van der Waals surface area contributed by atoms with Crippen molar-refractivity contribution in [1.82, 2.24) is 24.3 Å². The minimum atomic E-state index is -4.88. The molecule has 3 heterocycles. The predicted octanol–water partition coefficient (Wildman–Crippen LogP) is 4.29. The summed E-state index contributed by atoms with van der Waals surface area (Å²) >= 11 is 6.06. The monoisotopic (exact) mass is 549 g/mol. The van der Waals surface area contributed by atoms with Crippen LogP contribution in [0.2, 0.25) is 5.02 Å². The number of hydrogen-bond acceptors (Lipinski definition) is 8. The van der Waals surface area contributed by atoms with Crippen LogP contribution in [0.15, 0.2) is 48.9 Å². The van der Waals surface area contributed by atoms with Gasteiger partial charge in [0.15, 0.2) is 17.7 Å². The number of carbonyl (C=O) groups excluding carboxylic acids is 2. The molecule has 0 aliphatic carbocycles. The number of nitrogens with one attached hydrogen (secondary N) is 1. The number of carbonyl (C=O) groups is 2. The maximum atomic E-state index is 13.8. The molecule has 1 N–H and O–H groups in total. The molecule has 0 aliphatic rings. The molecule has 0 saturated heterocycles. The number of benzene rings is 1. The standard InChI is InChI=1S/C22H15ClF3N7O5/c1-31-16(9-28-19(31)20(34)29-11-3-5-13(15(23)7-11)21(35)38-2)14-10-32(30-18(14)22(24,25)26)12-4-6-17(27-8-12)33(36)37/h3-10H,1-2H3,(H,29,34). The van der Waals surface area contributed by atoms with Crippen LogP contribution >= 0.6 is 11.6 Å². The van der Waals surface area contributed by atoms with Crippen molar-refractivity contribution >= 4 is 35.0 Å². The first kappa shape index (κ1) is 26.3. The van der Waals surface area contributed by atoms with E-state index in [4.69, 9.17) is 11.6 Å². The van der Waals surface area contributed by atoms with Gasteiger partial charge in [0, 0.05) is 25.0 Å². The molecule has 0 atom stereocenters. The molecule has 0 radical (unpaired) electrons. The van der Waals surface area contributed by atoms with E-state index in [1.54, 1.807) is 0 Å². The molecule has 0 spiro atoms. The molecule has 0 saturated carbocycles. The van der Waals surface area contributed by atoms with E-state index in [-0.39, 0.29) is 33.5 Å². The summed E-state index contributed by atoms with van der Waals surface area (Å²) in [6.07, 6.45) is -1.74. The number of pyridine rings is 1. The Morgan fingerprint density at radius 2 is 1.89 bits per heavy atom. The molecule has 196 valence electrons. The van der Waals surface area contributed by atoms with Crippen LogP contribution in [0, 0.1) is 10.1 Å². The van der Waals surface area contributed by atoms with Crippen LogP contribution in [-0.4, -0.2) is 48.2 Å². The summed E-state index contributed by atoms with van der Waals surface area (Å²) in [5, 5.41) is 16.9. The Morgan fingerprint density at radius 3 is 2.47 bits per heavy atom. The average Bonchev–Trinajstić information content (AvgIpc) is 3.47. The van der Waals surface area contributed by atoms with E-state index in [1.807, 2.05) is 0 Å². The number of methoxy groups -OCH3 is 1. The van der Waals surface area contributed by atoms with E-state index in [2.05, 4.69) is 25.1 Å². The number of esters is 1. The first-order valence-electron chi connectivity index (χ1n) is 10.4. The highest BCUT2D eigenvalue weighted by atomic mass is 35.5. The number of hydrogen-bond donors (Lipinski definition) is 1. The lowest BCUT2D eigenvalue weighted by Crippen LogP contribution is -2.17. The van der Waals surface area contributed by atoms with Gasteiger partial charge in [-0.15, -0.1) is 0 Å². The predicted molar refractivity (Wildman–Crippen MR) is 126 cm³/mol. The second kappa shape index (κ2) is 9.93. The number of nitro groups is 1. The van der Waals surface area contributed by atoms with Gasteiger partial charge in [-0.3, -0.25) is 4.79 Å². The number of rotatable bonds is 6. The van der Waals surface area contributed by atoms with Crippen molar-refractivity contribution in [2.75, 3.05) is 12.4 Å². The van der Waals surface area contributed by atoms with Gasteiger partial charge in [0.05, 0.1) is 35.2 Å². The molecule has 3 aromatic heterocycles. The molecule has 4 rings (SSSR count). The van der Waals surface area contributed by atoms with Crippen molar-refractivity contribution < 1.29 is 32.4 Å². The highest BCUT2D eigenvalue weighted by Gasteiger charge is 2.39. The van der Waals surface area contributed by atoms with E-state index in [0.717, 1.165) is 33.9 Å². The highest BCUT2D eigenvalue weighted by molar-refractivity contribution is 6.34. The number of amides is 1. The molecule has 16 heteroatoms. The second-order valence-electron chi connectivity index (χ2n) is 7.63. The second-order valence-corrected chi connectivity index (χ2v) is 8.04. The third-order valence-corrected chi connectivity index (χ3v) is 5.58. The van der Waals surface area contributed by atoms with Gasteiger partial charge in [0.25, 0.3) is 5.91 Å². The summed E-state index contributed by atoms with van der Waals surface area (Å²) in [4.78, 5) is 42.1. The zero-order chi connectivity index (χ0) is 27.8. The van der Waals surface area contributed by atoms with Crippen LogP contribution in [0.3, 0.4) is 0 Å². The maximum Gasteiger partial charge on any atom is 0.435 e. The number of anilines is 1. The molecule has 12 nitrogen and oxygen atoms in total. The molecule has 0 aliphatic heterocycles. The van der Waals surface area contributed by atoms with Gasteiger partial charge in [-0.05, 0) is 34.2 Å². The normalized spacial score (nSPS) is 11.3. The van der Waals surface area contributed by atoms with Crippen LogP contribution in [0.5, 0.6) is 0 Å². The molecule has 4 aromatic rings. The quantitative estimate of drug-likeness (QED) is 0.213. The number of alkyl halides is 3. The fourth-order valence-electron chi connectivity index (χ4n) is 3.45. The number of nitrogens with zero attached hydrogens (tertiary/aromatic N) is 6. The SMILES string of the molecule is COC(=O)c1ccc(NC(=O)c2ncc(-c3cn(-c4ccc([N+](=O)[O-])nc4)nc3C(F)(F)F)n2C)cc1Cl. The summed E-state index contributed by atoms with van der Waals surface area (Å²) < 4.78 is 48.1. The Balaban J connectivity index is 1.67. The van der Waals surface area contributed by atoms with Crippen molar-refractivity contribution in [3.05, 3.63) is 81.1 Å². The van der Waals surface area contributed by atoms with E-state index in [0.29, 0.717) is 0 Å². The van der Waals surface area contributed by atoms with Gasteiger partial charge in [0.1, 0.15) is 5.69 Å². The minimum absolute atomic E-state index is 0.0122.